The predicted octanol–water partition coefficient (Wildman–Crippen LogP) is 2.70. The Morgan fingerprint density at radius 2 is 2.29 bits per heavy atom. The molecule has 1 aromatic rings. The Labute approximate surface area is 111 Å². The molecule has 1 aliphatic rings. The molecule has 1 heterocycles. The summed E-state index contributed by atoms with van der Waals surface area (Å²) in [5.74, 6) is 0.855. The zero-order chi connectivity index (χ0) is 12.1. The van der Waals surface area contributed by atoms with Gasteiger partial charge in [-0.2, -0.15) is 0 Å². The van der Waals surface area contributed by atoms with Crippen LogP contribution in [0, 0.1) is 5.92 Å². The van der Waals surface area contributed by atoms with Crippen LogP contribution in [0.25, 0.3) is 0 Å². The molecular formula is C13H19BrN2O. The number of halogens is 1. The number of nitrogens with zero attached hydrogens (tertiary/aromatic N) is 2. The summed E-state index contributed by atoms with van der Waals surface area (Å²) in [6.07, 6.45) is 4.56. The Balaban J connectivity index is 1.61. The fraction of sp³-hybridized carbons (Fsp3) is 0.615. The second-order valence-electron chi connectivity index (χ2n) is 4.72. The first kappa shape index (κ1) is 13.0. The molecule has 4 heteroatoms. The van der Waals surface area contributed by atoms with E-state index in [1.807, 2.05) is 18.3 Å². The number of aromatic nitrogens is 1. The van der Waals surface area contributed by atoms with Crippen molar-refractivity contribution in [3.05, 3.63) is 28.5 Å². The van der Waals surface area contributed by atoms with E-state index in [1.54, 1.807) is 0 Å². The number of likely N-dealkylation sites (N-methyl/N-ethyl adjacent to an activating group) is 1. The van der Waals surface area contributed by atoms with Crippen molar-refractivity contribution in [2.24, 2.45) is 5.92 Å². The fourth-order valence-corrected chi connectivity index (χ4v) is 1.85. The third-order valence-electron chi connectivity index (χ3n) is 2.89. The van der Waals surface area contributed by atoms with Crippen molar-refractivity contribution in [3.63, 3.8) is 0 Å². The molecule has 0 atom stereocenters. The van der Waals surface area contributed by atoms with Crippen LogP contribution in [0.4, 0.5) is 0 Å². The van der Waals surface area contributed by atoms with E-state index in [0.29, 0.717) is 0 Å². The predicted molar refractivity (Wildman–Crippen MR) is 71.8 cm³/mol. The Bertz CT molecular complexity index is 338. The van der Waals surface area contributed by atoms with Crippen LogP contribution in [0.15, 0.2) is 22.8 Å². The lowest BCUT2D eigenvalue weighted by Gasteiger charge is -2.16. The summed E-state index contributed by atoms with van der Waals surface area (Å²) in [7, 11) is 2.10. The molecule has 94 valence electrons. The maximum atomic E-state index is 5.62. The van der Waals surface area contributed by atoms with E-state index >= 15 is 0 Å². The van der Waals surface area contributed by atoms with Crippen LogP contribution in [0.2, 0.25) is 0 Å². The minimum absolute atomic E-state index is 0.823. The van der Waals surface area contributed by atoms with Crippen molar-refractivity contribution >= 4 is 15.9 Å². The molecule has 17 heavy (non-hydrogen) atoms. The zero-order valence-electron chi connectivity index (χ0n) is 10.2. The van der Waals surface area contributed by atoms with Gasteiger partial charge in [-0.3, -0.25) is 9.88 Å². The van der Waals surface area contributed by atoms with E-state index in [4.69, 9.17) is 4.74 Å². The van der Waals surface area contributed by atoms with Gasteiger partial charge in [0.05, 0.1) is 12.3 Å². The molecule has 0 aromatic carbocycles. The topological polar surface area (TPSA) is 25.4 Å². The van der Waals surface area contributed by atoms with Gasteiger partial charge in [-0.15, -0.1) is 0 Å². The quantitative estimate of drug-likeness (QED) is 0.724. The molecular weight excluding hydrogens is 280 g/mol. The van der Waals surface area contributed by atoms with Crippen LogP contribution in [-0.4, -0.2) is 36.7 Å². The highest BCUT2D eigenvalue weighted by molar-refractivity contribution is 9.10. The van der Waals surface area contributed by atoms with E-state index in [1.165, 1.54) is 12.8 Å². The van der Waals surface area contributed by atoms with Crippen LogP contribution >= 0.6 is 15.9 Å². The molecule has 0 bridgehead atoms. The van der Waals surface area contributed by atoms with E-state index in [-0.39, 0.29) is 0 Å². The largest absolute Gasteiger partial charge is 0.380 e. The lowest BCUT2D eigenvalue weighted by Crippen LogP contribution is -2.23. The summed E-state index contributed by atoms with van der Waals surface area (Å²) >= 11 is 3.39. The number of pyridine rings is 1. The van der Waals surface area contributed by atoms with Crippen molar-refractivity contribution < 1.29 is 4.74 Å². The maximum Gasteiger partial charge on any atom is 0.0593 e. The van der Waals surface area contributed by atoms with Crippen LogP contribution in [0.3, 0.4) is 0 Å². The van der Waals surface area contributed by atoms with Crippen LogP contribution in [-0.2, 0) is 11.3 Å². The van der Waals surface area contributed by atoms with Crippen molar-refractivity contribution in [2.75, 3.05) is 26.8 Å². The summed E-state index contributed by atoms with van der Waals surface area (Å²) in [5.41, 5.74) is 1.10. The maximum absolute atomic E-state index is 5.62. The number of ether oxygens (including phenoxy) is 1. The highest BCUT2D eigenvalue weighted by Crippen LogP contribution is 2.28. The Hall–Kier alpha value is -0.450. The summed E-state index contributed by atoms with van der Waals surface area (Å²) in [6, 6.07) is 4.07. The normalized spacial score (nSPS) is 15.5. The van der Waals surface area contributed by atoms with Crippen LogP contribution in [0.1, 0.15) is 18.5 Å². The lowest BCUT2D eigenvalue weighted by molar-refractivity contribution is 0.101. The first-order chi connectivity index (χ1) is 8.24. The van der Waals surface area contributed by atoms with Gasteiger partial charge in [-0.1, -0.05) is 0 Å². The highest BCUT2D eigenvalue weighted by Gasteiger charge is 2.20. The first-order valence-corrected chi connectivity index (χ1v) is 6.90. The SMILES string of the molecule is CN(CCOCC1CC1)Cc1ccc(Br)cn1. The third-order valence-corrected chi connectivity index (χ3v) is 3.36. The van der Waals surface area contributed by atoms with Crippen molar-refractivity contribution in [3.8, 4) is 0 Å². The average Bonchev–Trinajstić information content (AvgIpc) is 3.12. The molecule has 0 N–H and O–H groups in total. The molecule has 2 rings (SSSR count). The Morgan fingerprint density at radius 3 is 2.94 bits per heavy atom. The van der Waals surface area contributed by atoms with Gasteiger partial charge in [0.15, 0.2) is 0 Å². The van der Waals surface area contributed by atoms with E-state index < -0.39 is 0 Å². The molecule has 0 amide bonds. The van der Waals surface area contributed by atoms with Gasteiger partial charge in [0.1, 0.15) is 0 Å². The lowest BCUT2D eigenvalue weighted by atomic mass is 10.3. The smallest absolute Gasteiger partial charge is 0.0593 e. The molecule has 3 nitrogen and oxygen atoms in total. The molecule has 0 spiro atoms. The molecule has 0 saturated heterocycles. The van der Waals surface area contributed by atoms with Crippen LogP contribution < -0.4 is 0 Å². The average molecular weight is 299 g/mol. The van der Waals surface area contributed by atoms with Gasteiger partial charge in [-0.05, 0) is 53.9 Å². The van der Waals surface area contributed by atoms with Gasteiger partial charge in [0.25, 0.3) is 0 Å². The molecule has 1 fully saturated rings. The summed E-state index contributed by atoms with van der Waals surface area (Å²) in [4.78, 5) is 6.59. The number of rotatable bonds is 7. The van der Waals surface area contributed by atoms with Gasteiger partial charge in [0.2, 0.25) is 0 Å². The van der Waals surface area contributed by atoms with Crippen LogP contribution in [0.5, 0.6) is 0 Å². The molecule has 1 aromatic heterocycles. The third kappa shape index (κ3) is 5.15. The van der Waals surface area contributed by atoms with E-state index in [2.05, 4.69) is 32.9 Å². The van der Waals surface area contributed by atoms with Gasteiger partial charge in [-0.25, -0.2) is 0 Å². The fourth-order valence-electron chi connectivity index (χ4n) is 1.61. The van der Waals surface area contributed by atoms with Crippen molar-refractivity contribution in [2.45, 2.75) is 19.4 Å². The van der Waals surface area contributed by atoms with Crippen molar-refractivity contribution in [1.82, 2.24) is 9.88 Å². The molecule has 1 aliphatic carbocycles. The highest BCUT2D eigenvalue weighted by atomic mass is 79.9. The molecule has 0 unspecified atom stereocenters. The Morgan fingerprint density at radius 1 is 1.47 bits per heavy atom. The summed E-state index contributed by atoms with van der Waals surface area (Å²) < 4.78 is 6.64. The molecule has 1 saturated carbocycles. The van der Waals surface area contributed by atoms with Gasteiger partial charge in [0, 0.05) is 30.4 Å². The standard InChI is InChI=1S/C13H19BrN2O/c1-16(6-7-17-10-11-2-3-11)9-13-5-4-12(14)8-15-13/h4-5,8,11H,2-3,6-7,9-10H2,1H3. The number of hydrogen-bond acceptors (Lipinski definition) is 3. The molecule has 0 aliphatic heterocycles. The van der Waals surface area contributed by atoms with Crippen molar-refractivity contribution in [1.29, 1.82) is 0 Å². The Kier molecular flexibility index (Phi) is 4.95. The van der Waals surface area contributed by atoms with Gasteiger partial charge < -0.3 is 4.74 Å². The van der Waals surface area contributed by atoms with E-state index in [0.717, 1.165) is 42.4 Å². The van der Waals surface area contributed by atoms with Gasteiger partial charge >= 0.3 is 0 Å². The van der Waals surface area contributed by atoms with E-state index in [9.17, 15) is 0 Å². The minimum atomic E-state index is 0.823. The number of hydrogen-bond donors (Lipinski definition) is 0. The molecule has 0 radical (unpaired) electrons. The minimum Gasteiger partial charge on any atom is -0.380 e. The summed E-state index contributed by atoms with van der Waals surface area (Å²) in [5, 5.41) is 0. The summed E-state index contributed by atoms with van der Waals surface area (Å²) in [6.45, 7) is 3.61. The zero-order valence-corrected chi connectivity index (χ0v) is 11.8. The second-order valence-corrected chi connectivity index (χ2v) is 5.64. The monoisotopic (exact) mass is 298 g/mol. The second kappa shape index (κ2) is 6.47. The first-order valence-electron chi connectivity index (χ1n) is 6.11.